The number of aliphatic hydroxyl groups is 2. The quantitative estimate of drug-likeness (QED) is 0.384. The van der Waals surface area contributed by atoms with Crippen molar-refractivity contribution in [3.63, 3.8) is 0 Å². The number of nitrogen functional groups attached to an aromatic ring is 1. The number of nitrogens with one attached hydrogen (secondary N) is 1. The third-order valence-electron chi connectivity index (χ3n) is 7.03. The number of nitrogens with zero attached hydrogens (tertiary/aromatic N) is 3. The van der Waals surface area contributed by atoms with Gasteiger partial charge in [-0.1, -0.05) is 51.1 Å². The van der Waals surface area contributed by atoms with Crippen molar-refractivity contribution in [1.82, 2.24) is 19.5 Å². The molecule has 0 aliphatic carbocycles. The van der Waals surface area contributed by atoms with Gasteiger partial charge in [0.1, 0.15) is 18.3 Å². The van der Waals surface area contributed by atoms with E-state index in [1.807, 2.05) is 30.3 Å². The van der Waals surface area contributed by atoms with Crippen LogP contribution in [-0.2, 0) is 21.3 Å². The first-order valence-corrected chi connectivity index (χ1v) is 14.2. The second-order valence-corrected chi connectivity index (χ2v) is 15.1. The largest absolute Gasteiger partial charge is 0.406 e. The zero-order chi connectivity index (χ0) is 24.9. The molecular formula is C23H33N5O5Si. The highest BCUT2D eigenvalue weighted by Gasteiger charge is 2.59. The third-order valence-corrected chi connectivity index (χ3v) is 11.5. The molecule has 0 amide bonds. The van der Waals surface area contributed by atoms with Gasteiger partial charge in [-0.15, -0.1) is 0 Å². The Morgan fingerprint density at radius 1 is 1.29 bits per heavy atom. The molecule has 1 fully saturated rings. The molecule has 11 heteroatoms. The Morgan fingerprint density at radius 2 is 1.97 bits per heavy atom. The maximum absolute atomic E-state index is 12.5. The van der Waals surface area contributed by atoms with Crippen molar-refractivity contribution >= 4 is 25.4 Å². The number of aromatic amines is 1. The van der Waals surface area contributed by atoms with E-state index in [4.69, 9.17) is 14.9 Å². The van der Waals surface area contributed by atoms with Gasteiger partial charge in [-0.25, -0.2) is 4.98 Å². The van der Waals surface area contributed by atoms with Crippen LogP contribution in [0.1, 0.15) is 26.3 Å². The Morgan fingerprint density at radius 3 is 2.59 bits per heavy atom. The summed E-state index contributed by atoms with van der Waals surface area (Å²) in [5.74, 6) is -0.0618. The Bertz CT molecular complexity index is 1220. The van der Waals surface area contributed by atoms with E-state index in [1.54, 1.807) is 4.57 Å². The van der Waals surface area contributed by atoms with Gasteiger partial charge in [-0.2, -0.15) is 4.98 Å². The Kier molecular flexibility index (Phi) is 6.19. The van der Waals surface area contributed by atoms with Crippen LogP contribution in [-0.4, -0.2) is 63.0 Å². The zero-order valence-corrected chi connectivity index (χ0v) is 21.1. The predicted molar refractivity (Wildman–Crippen MR) is 131 cm³/mol. The van der Waals surface area contributed by atoms with Crippen molar-refractivity contribution in [3.05, 3.63) is 52.6 Å². The maximum atomic E-state index is 12.5. The van der Waals surface area contributed by atoms with Gasteiger partial charge in [0.25, 0.3) is 5.56 Å². The van der Waals surface area contributed by atoms with E-state index in [0.717, 1.165) is 5.56 Å². The molecule has 4 atom stereocenters. The van der Waals surface area contributed by atoms with Crippen LogP contribution in [0.4, 0.5) is 5.95 Å². The highest BCUT2D eigenvalue weighted by Crippen LogP contribution is 2.46. The minimum Gasteiger partial charge on any atom is -0.406 e. The molecule has 184 valence electrons. The second kappa shape index (κ2) is 8.58. The number of hydrogen-bond donors (Lipinski definition) is 4. The fourth-order valence-electron chi connectivity index (χ4n) is 4.18. The lowest BCUT2D eigenvalue weighted by molar-refractivity contribution is -0.141. The molecule has 0 unspecified atom stereocenters. The SMILES string of the molecule is CC(C)(C)[Si](C)(C)O[C@@H]1[C@H](O)[C@@H](CO)O[C@@]1(Cc1ccccc1)n1cnc2c(=O)[nH]c(N)nc21. The monoisotopic (exact) mass is 487 g/mol. The lowest BCUT2D eigenvalue weighted by atomic mass is 9.95. The molecule has 0 bridgehead atoms. The highest BCUT2D eigenvalue weighted by atomic mass is 28.4. The average molecular weight is 488 g/mol. The number of H-pyrrole nitrogens is 1. The molecule has 1 aromatic carbocycles. The smallest absolute Gasteiger partial charge is 0.280 e. The van der Waals surface area contributed by atoms with E-state index in [0.29, 0.717) is 0 Å². The lowest BCUT2D eigenvalue weighted by Crippen LogP contribution is -2.55. The molecule has 2 aromatic heterocycles. The van der Waals surface area contributed by atoms with E-state index in [2.05, 4.69) is 48.8 Å². The van der Waals surface area contributed by atoms with Crippen LogP contribution in [0.5, 0.6) is 0 Å². The first-order chi connectivity index (χ1) is 15.9. The van der Waals surface area contributed by atoms with Crippen LogP contribution in [0.3, 0.4) is 0 Å². The predicted octanol–water partition coefficient (Wildman–Crippen LogP) is 1.74. The van der Waals surface area contributed by atoms with Crippen molar-refractivity contribution in [2.24, 2.45) is 0 Å². The fourth-order valence-corrected chi connectivity index (χ4v) is 5.49. The minimum atomic E-state index is -2.43. The molecule has 0 saturated carbocycles. The number of aromatic nitrogens is 4. The summed E-state index contributed by atoms with van der Waals surface area (Å²) < 4.78 is 14.9. The third kappa shape index (κ3) is 4.07. The molecule has 0 radical (unpaired) electrons. The summed E-state index contributed by atoms with van der Waals surface area (Å²) in [6.07, 6.45) is -1.16. The van der Waals surface area contributed by atoms with Gasteiger partial charge in [-0.3, -0.25) is 14.3 Å². The summed E-state index contributed by atoms with van der Waals surface area (Å²) in [5, 5.41) is 21.2. The summed E-state index contributed by atoms with van der Waals surface area (Å²) >= 11 is 0. The molecule has 3 heterocycles. The van der Waals surface area contributed by atoms with E-state index < -0.39 is 44.5 Å². The van der Waals surface area contributed by atoms with Crippen LogP contribution in [0.25, 0.3) is 11.2 Å². The first kappa shape index (κ1) is 24.5. The van der Waals surface area contributed by atoms with Gasteiger partial charge in [0.2, 0.25) is 5.95 Å². The normalized spacial score (nSPS) is 25.8. The number of nitrogens with two attached hydrogens (primary N) is 1. The van der Waals surface area contributed by atoms with Gasteiger partial charge in [0.15, 0.2) is 25.2 Å². The molecule has 1 aliphatic heterocycles. The summed E-state index contributed by atoms with van der Waals surface area (Å²) in [7, 11) is -2.43. The van der Waals surface area contributed by atoms with Gasteiger partial charge in [-0.05, 0) is 23.7 Å². The molecule has 34 heavy (non-hydrogen) atoms. The number of rotatable bonds is 6. The lowest BCUT2D eigenvalue weighted by Gasteiger charge is -2.44. The number of ether oxygens (including phenoxy) is 1. The van der Waals surface area contributed by atoms with Crippen molar-refractivity contribution in [2.45, 2.75) is 69.4 Å². The van der Waals surface area contributed by atoms with Crippen molar-refractivity contribution in [1.29, 1.82) is 0 Å². The molecular weight excluding hydrogens is 454 g/mol. The summed E-state index contributed by atoms with van der Waals surface area (Å²) in [6.45, 7) is 10.1. The standard InChI is InChI=1S/C23H33N5O5Si/c1-22(2,3)34(4,5)33-18-17(30)15(12-29)32-23(18,11-14-9-7-6-8-10-14)28-13-25-16-19(28)26-21(24)27-20(16)31/h6-10,13,15,17-18,29-30H,11-12H2,1-5H3,(H3,24,26,27,31)/t15-,17-,18-,23-/m1/s1. The number of imidazole rings is 1. The number of benzene rings is 1. The van der Waals surface area contributed by atoms with Crippen LogP contribution in [0.2, 0.25) is 18.1 Å². The van der Waals surface area contributed by atoms with Gasteiger partial charge < -0.3 is 25.1 Å². The maximum Gasteiger partial charge on any atom is 0.280 e. The van der Waals surface area contributed by atoms with Gasteiger partial charge in [0.05, 0.1) is 12.9 Å². The zero-order valence-electron chi connectivity index (χ0n) is 20.1. The first-order valence-electron chi connectivity index (χ1n) is 11.3. The topological polar surface area (TPSA) is 149 Å². The van der Waals surface area contributed by atoms with Crippen LogP contribution in [0, 0.1) is 0 Å². The molecule has 10 nitrogen and oxygen atoms in total. The van der Waals surface area contributed by atoms with E-state index in [9.17, 15) is 15.0 Å². The summed E-state index contributed by atoms with van der Waals surface area (Å²) in [5.41, 5.74) is 5.26. The highest BCUT2D eigenvalue weighted by molar-refractivity contribution is 6.74. The van der Waals surface area contributed by atoms with Crippen LogP contribution >= 0.6 is 0 Å². The Balaban J connectivity index is 1.97. The molecule has 0 spiro atoms. The van der Waals surface area contributed by atoms with Crippen LogP contribution in [0.15, 0.2) is 41.5 Å². The number of aliphatic hydroxyl groups excluding tert-OH is 2. The van der Waals surface area contributed by atoms with E-state index >= 15 is 0 Å². The van der Waals surface area contributed by atoms with Gasteiger partial charge >= 0.3 is 0 Å². The van der Waals surface area contributed by atoms with Crippen molar-refractivity contribution < 1.29 is 19.4 Å². The molecule has 3 aromatic rings. The molecule has 4 rings (SSSR count). The minimum absolute atomic E-state index is 0.0618. The van der Waals surface area contributed by atoms with Crippen molar-refractivity contribution in [3.8, 4) is 0 Å². The van der Waals surface area contributed by atoms with Crippen LogP contribution < -0.4 is 11.3 Å². The number of fused-ring (bicyclic) bond motifs is 1. The fraction of sp³-hybridized carbons (Fsp3) is 0.522. The van der Waals surface area contributed by atoms with Crippen molar-refractivity contribution in [2.75, 3.05) is 12.3 Å². The molecule has 1 saturated heterocycles. The second-order valence-electron chi connectivity index (χ2n) is 10.4. The summed E-state index contributed by atoms with van der Waals surface area (Å²) in [6, 6.07) is 9.63. The average Bonchev–Trinajstić information content (AvgIpc) is 3.29. The molecule has 1 aliphatic rings. The Labute approximate surface area is 198 Å². The van der Waals surface area contributed by atoms with Gasteiger partial charge in [0, 0.05) is 6.42 Å². The van der Waals surface area contributed by atoms with E-state index in [1.165, 1.54) is 6.33 Å². The van der Waals surface area contributed by atoms with E-state index in [-0.39, 0.29) is 28.6 Å². The summed E-state index contributed by atoms with van der Waals surface area (Å²) in [4.78, 5) is 23.6. The molecule has 5 N–H and O–H groups in total. The number of hydrogen-bond acceptors (Lipinski definition) is 8. The number of anilines is 1. The Hall–Kier alpha value is -2.57.